The fourth-order valence-corrected chi connectivity index (χ4v) is 2.74. The van der Waals surface area contributed by atoms with E-state index in [-0.39, 0.29) is 0 Å². The maximum absolute atomic E-state index is 4.75. The highest BCUT2D eigenvalue weighted by Crippen LogP contribution is 2.23. The predicted octanol–water partition coefficient (Wildman–Crippen LogP) is 3.16. The minimum atomic E-state index is 0.564. The molecule has 2 rings (SSSR count). The fourth-order valence-electron chi connectivity index (χ4n) is 2.74. The molecule has 1 saturated carbocycles. The lowest BCUT2D eigenvalue weighted by Crippen LogP contribution is -2.19. The van der Waals surface area contributed by atoms with Crippen molar-refractivity contribution in [1.82, 2.24) is 15.1 Å². The molecule has 1 aliphatic rings. The van der Waals surface area contributed by atoms with Gasteiger partial charge in [0.25, 0.3) is 0 Å². The van der Waals surface area contributed by atoms with Crippen molar-refractivity contribution in [2.45, 2.75) is 71.9 Å². The lowest BCUT2D eigenvalue weighted by atomic mass is 10.1. The van der Waals surface area contributed by atoms with Crippen LogP contribution in [0.2, 0.25) is 0 Å². The molecule has 0 aromatic carbocycles. The molecule has 18 heavy (non-hydrogen) atoms. The Kier molecular flexibility index (Phi) is 4.44. The molecule has 1 aromatic rings. The van der Waals surface area contributed by atoms with Crippen molar-refractivity contribution < 1.29 is 0 Å². The third kappa shape index (κ3) is 2.94. The topological polar surface area (TPSA) is 29.9 Å². The van der Waals surface area contributed by atoms with E-state index in [1.54, 1.807) is 0 Å². The number of rotatable bonds is 7. The van der Waals surface area contributed by atoms with Crippen LogP contribution in [-0.2, 0) is 6.42 Å². The van der Waals surface area contributed by atoms with Gasteiger partial charge in [0, 0.05) is 11.7 Å². The van der Waals surface area contributed by atoms with E-state index in [9.17, 15) is 0 Å². The molecular weight excluding hydrogens is 222 g/mol. The van der Waals surface area contributed by atoms with E-state index in [1.165, 1.54) is 29.8 Å². The van der Waals surface area contributed by atoms with Crippen LogP contribution in [0.5, 0.6) is 0 Å². The van der Waals surface area contributed by atoms with Crippen molar-refractivity contribution in [3.8, 4) is 0 Å². The molecule has 0 aliphatic heterocycles. The smallest absolute Gasteiger partial charge is 0.0629 e. The van der Waals surface area contributed by atoms with E-state index in [0.717, 1.165) is 31.8 Å². The summed E-state index contributed by atoms with van der Waals surface area (Å²) in [5.74, 6) is 0. The zero-order chi connectivity index (χ0) is 13.1. The summed E-state index contributed by atoms with van der Waals surface area (Å²) >= 11 is 0. The average molecular weight is 249 g/mol. The normalized spacial score (nSPS) is 15.6. The molecule has 102 valence electrons. The fraction of sp³-hybridized carbons (Fsp3) is 0.800. The molecule has 3 nitrogen and oxygen atoms in total. The van der Waals surface area contributed by atoms with Gasteiger partial charge in [0.05, 0.1) is 11.7 Å². The van der Waals surface area contributed by atoms with Gasteiger partial charge in [-0.3, -0.25) is 4.68 Å². The monoisotopic (exact) mass is 249 g/mol. The Bertz CT molecular complexity index is 387. The van der Waals surface area contributed by atoms with Crippen molar-refractivity contribution in [3.05, 3.63) is 17.0 Å². The quantitative estimate of drug-likeness (QED) is 0.804. The zero-order valence-electron chi connectivity index (χ0n) is 12.3. The average Bonchev–Trinajstić information content (AvgIpc) is 3.13. The van der Waals surface area contributed by atoms with Crippen molar-refractivity contribution in [1.29, 1.82) is 0 Å². The van der Waals surface area contributed by atoms with E-state index in [2.05, 4.69) is 37.7 Å². The number of nitrogens with one attached hydrogen (secondary N) is 1. The third-order valence-corrected chi connectivity index (χ3v) is 4.15. The van der Waals surface area contributed by atoms with Gasteiger partial charge < -0.3 is 5.32 Å². The second-order valence-corrected chi connectivity index (χ2v) is 5.54. The predicted molar refractivity (Wildman–Crippen MR) is 76.0 cm³/mol. The highest BCUT2D eigenvalue weighted by atomic mass is 15.3. The highest BCUT2D eigenvalue weighted by molar-refractivity contribution is 5.25. The van der Waals surface area contributed by atoms with Gasteiger partial charge in [0.1, 0.15) is 0 Å². The third-order valence-electron chi connectivity index (χ3n) is 4.15. The number of hydrogen-bond donors (Lipinski definition) is 1. The van der Waals surface area contributed by atoms with Gasteiger partial charge in [-0.15, -0.1) is 0 Å². The summed E-state index contributed by atoms with van der Waals surface area (Å²) in [5, 5.41) is 8.34. The van der Waals surface area contributed by atoms with Gasteiger partial charge >= 0.3 is 0 Å². The van der Waals surface area contributed by atoms with Crippen LogP contribution in [0.1, 0.15) is 62.5 Å². The molecule has 1 heterocycles. The largest absolute Gasteiger partial charge is 0.314 e. The Morgan fingerprint density at radius 3 is 2.50 bits per heavy atom. The molecule has 1 fully saturated rings. The maximum Gasteiger partial charge on any atom is 0.0629 e. The molecule has 0 amide bonds. The summed E-state index contributed by atoms with van der Waals surface area (Å²) in [4.78, 5) is 0. The van der Waals surface area contributed by atoms with Gasteiger partial charge in [-0.2, -0.15) is 5.10 Å². The van der Waals surface area contributed by atoms with Crippen LogP contribution in [0.15, 0.2) is 0 Å². The molecule has 1 aromatic heterocycles. The first-order valence-corrected chi connectivity index (χ1v) is 7.45. The zero-order valence-corrected chi connectivity index (χ0v) is 12.3. The van der Waals surface area contributed by atoms with E-state index in [1.807, 2.05) is 0 Å². The Hall–Kier alpha value is -0.830. The van der Waals surface area contributed by atoms with Crippen molar-refractivity contribution in [3.63, 3.8) is 0 Å². The summed E-state index contributed by atoms with van der Waals surface area (Å²) < 4.78 is 2.25. The Morgan fingerprint density at radius 2 is 1.94 bits per heavy atom. The van der Waals surface area contributed by atoms with Crippen molar-refractivity contribution >= 4 is 0 Å². The van der Waals surface area contributed by atoms with Crippen molar-refractivity contribution in [2.75, 3.05) is 6.54 Å². The van der Waals surface area contributed by atoms with Crippen LogP contribution < -0.4 is 5.32 Å². The Labute approximate surface area is 111 Å². The first-order chi connectivity index (χ1) is 8.67. The van der Waals surface area contributed by atoms with Gasteiger partial charge in [0.2, 0.25) is 0 Å². The molecular formula is C15H27N3. The first kappa shape index (κ1) is 13.6. The van der Waals surface area contributed by atoms with Crippen LogP contribution in [0.4, 0.5) is 0 Å². The van der Waals surface area contributed by atoms with Crippen LogP contribution >= 0.6 is 0 Å². The van der Waals surface area contributed by atoms with Gasteiger partial charge in [-0.1, -0.05) is 13.8 Å². The second kappa shape index (κ2) is 5.87. The molecule has 0 radical (unpaired) electrons. The summed E-state index contributed by atoms with van der Waals surface area (Å²) in [7, 11) is 0. The van der Waals surface area contributed by atoms with Crippen LogP contribution in [0.25, 0.3) is 0 Å². The summed E-state index contributed by atoms with van der Waals surface area (Å²) in [5.41, 5.74) is 4.05. The summed E-state index contributed by atoms with van der Waals surface area (Å²) in [6, 6.07) is 1.37. The van der Waals surface area contributed by atoms with Crippen LogP contribution in [-0.4, -0.2) is 22.4 Å². The number of aryl methyl sites for hydroxylation is 1. The van der Waals surface area contributed by atoms with Gasteiger partial charge in [0.15, 0.2) is 0 Å². The molecule has 1 aliphatic carbocycles. The number of nitrogens with zero attached hydrogens (tertiary/aromatic N) is 2. The van der Waals surface area contributed by atoms with Crippen LogP contribution in [0.3, 0.4) is 0 Å². The number of aromatic nitrogens is 2. The van der Waals surface area contributed by atoms with Gasteiger partial charge in [-0.25, -0.2) is 0 Å². The van der Waals surface area contributed by atoms with Crippen molar-refractivity contribution in [2.24, 2.45) is 0 Å². The molecule has 0 spiro atoms. The standard InChI is InChI=1S/C15H27N3/c1-5-14(6-2)18-12(4)15(11(3)17-18)9-10-16-13-7-8-13/h13-14,16H,5-10H2,1-4H3. The first-order valence-electron chi connectivity index (χ1n) is 7.45. The van der Waals surface area contributed by atoms with E-state index >= 15 is 0 Å². The van der Waals surface area contributed by atoms with E-state index < -0.39 is 0 Å². The minimum Gasteiger partial charge on any atom is -0.314 e. The molecule has 0 atom stereocenters. The summed E-state index contributed by atoms with van der Waals surface area (Å²) in [6.07, 6.45) is 6.18. The second-order valence-electron chi connectivity index (χ2n) is 5.54. The lowest BCUT2D eigenvalue weighted by Gasteiger charge is -2.15. The summed E-state index contributed by atoms with van der Waals surface area (Å²) in [6.45, 7) is 9.97. The highest BCUT2D eigenvalue weighted by Gasteiger charge is 2.21. The molecule has 0 unspecified atom stereocenters. The molecule has 3 heteroatoms. The SMILES string of the molecule is CCC(CC)n1nc(C)c(CCNC2CC2)c1C. The van der Waals surface area contributed by atoms with Crippen LogP contribution in [0, 0.1) is 13.8 Å². The number of hydrogen-bond acceptors (Lipinski definition) is 2. The van der Waals surface area contributed by atoms with Gasteiger partial charge in [-0.05, 0) is 58.1 Å². The Morgan fingerprint density at radius 1 is 1.28 bits per heavy atom. The maximum atomic E-state index is 4.75. The van der Waals surface area contributed by atoms with E-state index in [0.29, 0.717) is 6.04 Å². The molecule has 1 N–H and O–H groups in total. The van der Waals surface area contributed by atoms with E-state index in [4.69, 9.17) is 5.10 Å². The minimum absolute atomic E-state index is 0.564. The molecule has 0 saturated heterocycles. The lowest BCUT2D eigenvalue weighted by molar-refractivity contribution is 0.418. The molecule has 0 bridgehead atoms. The Balaban J connectivity index is 2.04.